The number of carbonyl (C=O) groups excluding carboxylic acids is 1. The van der Waals surface area contributed by atoms with Crippen LogP contribution in [0, 0.1) is 0 Å². The van der Waals surface area contributed by atoms with E-state index in [0.29, 0.717) is 12.5 Å². The number of piperidine rings is 1. The summed E-state index contributed by atoms with van der Waals surface area (Å²) in [7, 11) is 2.19. The highest BCUT2D eigenvalue weighted by atomic mass is 35.5. The second kappa shape index (κ2) is 14.6. The number of aromatic nitrogens is 1. The maximum Gasteiger partial charge on any atom is 0.239 e. The molecule has 2 N–H and O–H groups in total. The van der Waals surface area contributed by atoms with Crippen molar-refractivity contribution in [3.63, 3.8) is 0 Å². The van der Waals surface area contributed by atoms with Gasteiger partial charge < -0.3 is 15.5 Å². The summed E-state index contributed by atoms with van der Waals surface area (Å²) >= 11 is 0. The van der Waals surface area contributed by atoms with Crippen molar-refractivity contribution in [2.75, 3.05) is 46.3 Å². The number of halogens is 4. The number of hydrogen-bond donors (Lipinski definition) is 1. The van der Waals surface area contributed by atoms with Crippen LogP contribution in [0.15, 0.2) is 24.4 Å². The maximum absolute atomic E-state index is 12.6. The van der Waals surface area contributed by atoms with Crippen LogP contribution >= 0.6 is 49.6 Å². The van der Waals surface area contributed by atoms with Crippen molar-refractivity contribution >= 4 is 55.5 Å². The lowest BCUT2D eigenvalue weighted by molar-refractivity contribution is -0.134. The lowest BCUT2D eigenvalue weighted by Crippen LogP contribution is -2.56. The Morgan fingerprint density at radius 1 is 1.07 bits per heavy atom. The van der Waals surface area contributed by atoms with Crippen molar-refractivity contribution in [1.82, 2.24) is 19.7 Å². The third kappa shape index (κ3) is 8.19. The molecule has 2 fully saturated rings. The largest absolute Gasteiger partial charge is 0.339 e. The molecule has 0 aliphatic carbocycles. The highest BCUT2D eigenvalue weighted by Crippen LogP contribution is 2.17. The van der Waals surface area contributed by atoms with Crippen LogP contribution in [0.1, 0.15) is 18.5 Å². The Kier molecular flexibility index (Phi) is 15.6. The van der Waals surface area contributed by atoms with E-state index in [4.69, 9.17) is 5.73 Å². The minimum Gasteiger partial charge on any atom is -0.339 e. The molecule has 2 aliphatic rings. The summed E-state index contributed by atoms with van der Waals surface area (Å²) < 4.78 is 0. The Balaban J connectivity index is 0. The van der Waals surface area contributed by atoms with Gasteiger partial charge in [0.05, 0.1) is 6.04 Å². The van der Waals surface area contributed by atoms with Gasteiger partial charge in [0.15, 0.2) is 0 Å². The fraction of sp³-hybridized carbons (Fsp3) is 0.667. The fourth-order valence-corrected chi connectivity index (χ4v) is 3.73. The summed E-state index contributed by atoms with van der Waals surface area (Å²) in [6.07, 6.45) is 4.73. The molecule has 164 valence electrons. The van der Waals surface area contributed by atoms with Gasteiger partial charge in [0.25, 0.3) is 0 Å². The van der Waals surface area contributed by atoms with E-state index < -0.39 is 6.04 Å². The first-order chi connectivity index (χ1) is 11.6. The number of amides is 1. The van der Waals surface area contributed by atoms with Gasteiger partial charge in [0.2, 0.25) is 5.91 Å². The Hall–Kier alpha value is -0.340. The number of piperazine rings is 1. The summed E-state index contributed by atoms with van der Waals surface area (Å²) in [5, 5.41) is 0. The molecule has 28 heavy (non-hydrogen) atoms. The van der Waals surface area contributed by atoms with E-state index in [0.717, 1.165) is 31.9 Å². The lowest BCUT2D eigenvalue weighted by atomic mass is 10.0. The van der Waals surface area contributed by atoms with Crippen LogP contribution in [-0.2, 0) is 11.2 Å². The van der Waals surface area contributed by atoms with E-state index in [-0.39, 0.29) is 55.5 Å². The standard InChI is InChI=1S/C18H29N5O.4ClH/c1-21-8-5-16(6-9-21)22-10-12-23(13-11-22)18(24)17(19)14-15-4-2-3-7-20-15;;;;/h2-4,7,16-17H,5-6,8-14,19H2,1H3;4*1H/t17-;;;;/m1..../s1. The van der Waals surface area contributed by atoms with Crippen LogP contribution in [0.2, 0.25) is 0 Å². The second-order valence-electron chi connectivity index (χ2n) is 7.03. The molecular formula is C18H33Cl4N5O. The van der Waals surface area contributed by atoms with Gasteiger partial charge in [-0.15, -0.1) is 49.6 Å². The Morgan fingerprint density at radius 3 is 2.21 bits per heavy atom. The monoisotopic (exact) mass is 475 g/mol. The SMILES string of the molecule is CN1CCC(N2CCN(C(=O)[C@H](N)Cc3ccccn3)CC2)CC1.Cl.Cl.Cl.Cl. The second-order valence-corrected chi connectivity index (χ2v) is 7.03. The Labute approximate surface area is 193 Å². The molecule has 0 bridgehead atoms. The first-order valence-electron chi connectivity index (χ1n) is 9.00. The zero-order chi connectivity index (χ0) is 16.9. The van der Waals surface area contributed by atoms with Crippen LogP contribution < -0.4 is 5.73 Å². The smallest absolute Gasteiger partial charge is 0.239 e. The summed E-state index contributed by atoms with van der Waals surface area (Å²) in [4.78, 5) is 23.7. The van der Waals surface area contributed by atoms with Crippen molar-refractivity contribution in [2.24, 2.45) is 5.73 Å². The number of hydrogen-bond acceptors (Lipinski definition) is 5. The maximum atomic E-state index is 12.6. The molecule has 1 amide bonds. The molecule has 1 aromatic rings. The Morgan fingerprint density at radius 2 is 1.68 bits per heavy atom. The first kappa shape index (κ1) is 29.9. The molecule has 3 rings (SSSR count). The number of carbonyl (C=O) groups is 1. The number of nitrogens with two attached hydrogens (primary N) is 1. The van der Waals surface area contributed by atoms with Crippen LogP contribution in [0.25, 0.3) is 0 Å². The minimum atomic E-state index is -0.491. The van der Waals surface area contributed by atoms with Crippen molar-refractivity contribution < 1.29 is 4.79 Å². The molecule has 0 aromatic carbocycles. The van der Waals surface area contributed by atoms with Crippen molar-refractivity contribution in [3.8, 4) is 0 Å². The van der Waals surface area contributed by atoms with Crippen LogP contribution in [0.4, 0.5) is 0 Å². The van der Waals surface area contributed by atoms with Gasteiger partial charge in [-0.2, -0.15) is 0 Å². The zero-order valence-corrected chi connectivity index (χ0v) is 19.5. The topological polar surface area (TPSA) is 65.7 Å². The third-order valence-corrected chi connectivity index (χ3v) is 5.30. The van der Waals surface area contributed by atoms with E-state index in [1.807, 2.05) is 23.1 Å². The van der Waals surface area contributed by atoms with E-state index in [1.54, 1.807) is 6.20 Å². The van der Waals surface area contributed by atoms with Crippen molar-refractivity contribution in [1.29, 1.82) is 0 Å². The molecule has 10 heteroatoms. The molecule has 2 aliphatic heterocycles. The quantitative estimate of drug-likeness (QED) is 0.718. The molecule has 1 aromatic heterocycles. The molecular weight excluding hydrogens is 444 g/mol. The van der Waals surface area contributed by atoms with E-state index in [9.17, 15) is 4.79 Å². The number of pyridine rings is 1. The summed E-state index contributed by atoms with van der Waals surface area (Å²) in [5.41, 5.74) is 7.00. The fourth-order valence-electron chi connectivity index (χ4n) is 3.73. The van der Waals surface area contributed by atoms with Crippen molar-refractivity contribution in [2.45, 2.75) is 31.3 Å². The predicted octanol–water partition coefficient (Wildman–Crippen LogP) is 1.88. The molecule has 2 saturated heterocycles. The molecule has 0 unspecified atom stereocenters. The highest BCUT2D eigenvalue weighted by molar-refractivity contribution is 5.86. The van der Waals surface area contributed by atoms with Gasteiger partial charge in [0.1, 0.15) is 0 Å². The van der Waals surface area contributed by atoms with Crippen LogP contribution in [0.3, 0.4) is 0 Å². The minimum absolute atomic E-state index is 0. The van der Waals surface area contributed by atoms with Crippen LogP contribution in [0.5, 0.6) is 0 Å². The molecule has 1 atom stereocenters. The van der Waals surface area contributed by atoms with E-state index >= 15 is 0 Å². The number of likely N-dealkylation sites (tertiary alicyclic amines) is 1. The summed E-state index contributed by atoms with van der Waals surface area (Å²) in [6, 6.07) is 5.92. The first-order valence-corrected chi connectivity index (χ1v) is 9.00. The zero-order valence-electron chi connectivity index (χ0n) is 16.2. The van der Waals surface area contributed by atoms with Crippen LogP contribution in [-0.4, -0.2) is 84.0 Å². The van der Waals surface area contributed by atoms with Gasteiger partial charge >= 0.3 is 0 Å². The van der Waals surface area contributed by atoms with Crippen molar-refractivity contribution in [3.05, 3.63) is 30.1 Å². The predicted molar refractivity (Wildman–Crippen MR) is 124 cm³/mol. The molecule has 6 nitrogen and oxygen atoms in total. The molecule has 3 heterocycles. The van der Waals surface area contributed by atoms with Gasteiger partial charge in [-0.1, -0.05) is 6.07 Å². The molecule has 0 saturated carbocycles. The number of nitrogens with zero attached hydrogens (tertiary/aromatic N) is 4. The van der Waals surface area contributed by atoms with Gasteiger partial charge in [-0.25, -0.2) is 0 Å². The average Bonchev–Trinajstić information content (AvgIpc) is 2.63. The lowest BCUT2D eigenvalue weighted by Gasteiger charge is -2.42. The summed E-state index contributed by atoms with van der Waals surface area (Å²) in [6.45, 7) is 5.88. The summed E-state index contributed by atoms with van der Waals surface area (Å²) in [5.74, 6) is 0.0590. The Bertz CT molecular complexity index is 538. The van der Waals surface area contributed by atoms with Gasteiger partial charge in [-0.3, -0.25) is 14.7 Å². The average molecular weight is 477 g/mol. The third-order valence-electron chi connectivity index (χ3n) is 5.30. The molecule has 0 spiro atoms. The number of rotatable bonds is 4. The van der Waals surface area contributed by atoms with E-state index in [2.05, 4.69) is 21.8 Å². The normalized spacial score (nSPS) is 19.3. The molecule has 0 radical (unpaired) electrons. The highest BCUT2D eigenvalue weighted by Gasteiger charge is 2.29. The van der Waals surface area contributed by atoms with Gasteiger partial charge in [0, 0.05) is 50.5 Å². The van der Waals surface area contributed by atoms with Gasteiger partial charge in [-0.05, 0) is 45.1 Å². The van der Waals surface area contributed by atoms with E-state index in [1.165, 1.54) is 25.9 Å².